The maximum atomic E-state index is 12.3. The molecule has 0 heterocycles. The van der Waals surface area contributed by atoms with E-state index in [0.29, 0.717) is 22.3 Å². The Hall–Kier alpha value is -3.14. The highest BCUT2D eigenvalue weighted by atomic mass is 32.2. The van der Waals surface area contributed by atoms with Gasteiger partial charge in [0.05, 0.1) is 18.4 Å². The second-order valence-corrected chi connectivity index (χ2v) is 6.64. The van der Waals surface area contributed by atoms with Crippen LogP contribution in [0.2, 0.25) is 0 Å². The third-order valence-electron chi connectivity index (χ3n) is 3.63. The van der Waals surface area contributed by atoms with Gasteiger partial charge in [0.25, 0.3) is 11.7 Å². The number of halogens is 2. The van der Waals surface area contributed by atoms with Crippen LogP contribution in [0.5, 0.6) is 0 Å². The van der Waals surface area contributed by atoms with Crippen LogP contribution in [-0.2, 0) is 14.3 Å². The molecule has 0 spiro atoms. The topological polar surface area (TPSA) is 84.9 Å². The van der Waals surface area contributed by atoms with E-state index in [0.717, 1.165) is 4.90 Å². The molecule has 10 heteroatoms. The van der Waals surface area contributed by atoms with Crippen LogP contribution in [0.25, 0.3) is 0 Å². The van der Waals surface area contributed by atoms with E-state index in [1.54, 1.807) is 12.1 Å². The molecule has 0 aromatic heterocycles. The first-order chi connectivity index (χ1) is 13.8. The Balaban J connectivity index is 1.95. The summed E-state index contributed by atoms with van der Waals surface area (Å²) in [6.45, 7) is -0.567. The van der Waals surface area contributed by atoms with E-state index in [4.69, 9.17) is 4.74 Å². The summed E-state index contributed by atoms with van der Waals surface area (Å²) in [6, 6.07) is 12.0. The third kappa shape index (κ3) is 6.46. The van der Waals surface area contributed by atoms with E-state index in [1.807, 2.05) is 0 Å². The lowest BCUT2D eigenvalue weighted by atomic mass is 10.1. The number of nitrogens with zero attached hydrogens (tertiary/aromatic N) is 1. The number of alkyl halides is 2. The predicted molar refractivity (Wildman–Crippen MR) is 104 cm³/mol. The van der Waals surface area contributed by atoms with E-state index >= 15 is 0 Å². The van der Waals surface area contributed by atoms with Crippen molar-refractivity contribution in [3.05, 3.63) is 54.1 Å². The standard InChI is InChI=1S/C19H18F2N2O5S/c1-23(19(26)27-2)15-6-4-3-5-14(15)17(25)28-11-16(24)22-12-7-9-13(10-8-12)29-18(20)21/h3-10,18H,11H2,1-2H3,(H,22,24). The number of anilines is 2. The maximum absolute atomic E-state index is 12.3. The molecule has 2 aromatic carbocycles. The molecule has 7 nitrogen and oxygen atoms in total. The highest BCUT2D eigenvalue weighted by Gasteiger charge is 2.20. The van der Waals surface area contributed by atoms with Gasteiger partial charge in [0.1, 0.15) is 0 Å². The number of nitrogens with one attached hydrogen (secondary N) is 1. The number of thioether (sulfide) groups is 1. The second-order valence-electron chi connectivity index (χ2n) is 5.57. The van der Waals surface area contributed by atoms with Crippen LogP contribution in [0.3, 0.4) is 0 Å². The lowest BCUT2D eigenvalue weighted by Crippen LogP contribution is -2.28. The zero-order chi connectivity index (χ0) is 21.4. The van der Waals surface area contributed by atoms with E-state index in [1.165, 1.54) is 50.6 Å². The smallest absolute Gasteiger partial charge is 0.413 e. The summed E-state index contributed by atoms with van der Waals surface area (Å²) in [4.78, 5) is 37.5. The van der Waals surface area contributed by atoms with Gasteiger partial charge in [0.15, 0.2) is 6.61 Å². The Kier molecular flexibility index (Phi) is 7.96. The van der Waals surface area contributed by atoms with Gasteiger partial charge >= 0.3 is 12.1 Å². The first kappa shape index (κ1) is 22.2. The Morgan fingerprint density at radius 1 is 1.10 bits per heavy atom. The zero-order valence-corrected chi connectivity index (χ0v) is 16.4. The number of hydrogen-bond acceptors (Lipinski definition) is 6. The molecule has 0 aliphatic carbocycles. The molecule has 2 rings (SSSR count). The largest absolute Gasteiger partial charge is 0.452 e. The van der Waals surface area contributed by atoms with Crippen LogP contribution in [0, 0.1) is 0 Å². The van der Waals surface area contributed by atoms with Crippen LogP contribution in [0.15, 0.2) is 53.4 Å². The maximum Gasteiger partial charge on any atom is 0.413 e. The third-order valence-corrected chi connectivity index (χ3v) is 4.35. The van der Waals surface area contributed by atoms with E-state index in [9.17, 15) is 23.2 Å². The van der Waals surface area contributed by atoms with Crippen molar-refractivity contribution in [2.75, 3.05) is 31.0 Å². The van der Waals surface area contributed by atoms with Crippen molar-refractivity contribution in [2.45, 2.75) is 10.7 Å². The molecular formula is C19H18F2N2O5S. The molecule has 0 bridgehead atoms. The molecule has 0 saturated carbocycles. The monoisotopic (exact) mass is 424 g/mol. The number of carbonyl (C=O) groups is 3. The number of para-hydroxylation sites is 1. The van der Waals surface area contributed by atoms with Crippen LogP contribution in [0.1, 0.15) is 10.4 Å². The quantitative estimate of drug-likeness (QED) is 0.534. The fourth-order valence-corrected chi connectivity index (χ4v) is 2.80. The van der Waals surface area contributed by atoms with Crippen LogP contribution in [-0.4, -0.2) is 44.5 Å². The molecular weight excluding hydrogens is 406 g/mol. The minimum atomic E-state index is -2.53. The summed E-state index contributed by atoms with van der Waals surface area (Å²) in [7, 11) is 2.64. The van der Waals surface area contributed by atoms with Crippen molar-refractivity contribution in [1.29, 1.82) is 0 Å². The molecule has 1 N–H and O–H groups in total. The molecule has 2 aromatic rings. The van der Waals surface area contributed by atoms with Gasteiger partial charge in [-0.3, -0.25) is 9.69 Å². The van der Waals surface area contributed by atoms with Crippen LogP contribution in [0.4, 0.5) is 25.0 Å². The van der Waals surface area contributed by atoms with Crippen molar-refractivity contribution < 1.29 is 32.6 Å². The number of hydrogen-bond donors (Lipinski definition) is 1. The zero-order valence-electron chi connectivity index (χ0n) is 15.6. The van der Waals surface area contributed by atoms with Gasteiger partial charge in [0, 0.05) is 17.6 Å². The van der Waals surface area contributed by atoms with Gasteiger partial charge in [-0.1, -0.05) is 23.9 Å². The van der Waals surface area contributed by atoms with Gasteiger partial charge in [-0.05, 0) is 36.4 Å². The summed E-state index contributed by atoms with van der Waals surface area (Å²) in [5.74, 6) is -3.93. The highest BCUT2D eigenvalue weighted by Crippen LogP contribution is 2.26. The molecule has 2 amide bonds. The molecule has 0 aliphatic heterocycles. The first-order valence-corrected chi connectivity index (χ1v) is 9.12. The van der Waals surface area contributed by atoms with Gasteiger partial charge in [-0.2, -0.15) is 8.78 Å². The van der Waals surface area contributed by atoms with Gasteiger partial charge in [-0.25, -0.2) is 9.59 Å². The van der Waals surface area contributed by atoms with Gasteiger partial charge in [0.2, 0.25) is 0 Å². The predicted octanol–water partition coefficient (Wildman–Crippen LogP) is 4.00. The van der Waals surface area contributed by atoms with E-state index < -0.39 is 30.3 Å². The number of esters is 1. The summed E-state index contributed by atoms with van der Waals surface area (Å²) >= 11 is 0.393. The Morgan fingerprint density at radius 3 is 2.38 bits per heavy atom. The van der Waals surface area contributed by atoms with Crippen LogP contribution >= 0.6 is 11.8 Å². The molecule has 154 valence electrons. The molecule has 0 unspecified atom stereocenters. The lowest BCUT2D eigenvalue weighted by Gasteiger charge is -2.18. The molecule has 0 aliphatic rings. The van der Waals surface area contributed by atoms with Crippen LogP contribution < -0.4 is 10.2 Å². The minimum Gasteiger partial charge on any atom is -0.452 e. The van der Waals surface area contributed by atoms with E-state index in [-0.39, 0.29) is 11.3 Å². The molecule has 29 heavy (non-hydrogen) atoms. The summed E-state index contributed by atoms with van der Waals surface area (Å²) in [5.41, 5.74) is 0.717. The minimum absolute atomic E-state index is 0.0848. The lowest BCUT2D eigenvalue weighted by molar-refractivity contribution is -0.119. The van der Waals surface area contributed by atoms with Crippen molar-refractivity contribution in [2.24, 2.45) is 0 Å². The highest BCUT2D eigenvalue weighted by molar-refractivity contribution is 7.99. The number of ether oxygens (including phenoxy) is 2. The van der Waals surface area contributed by atoms with E-state index in [2.05, 4.69) is 10.1 Å². The molecule has 0 saturated heterocycles. The number of methoxy groups -OCH3 is 1. The SMILES string of the molecule is COC(=O)N(C)c1ccccc1C(=O)OCC(=O)Nc1ccc(SC(F)F)cc1. The Morgan fingerprint density at radius 2 is 1.76 bits per heavy atom. The van der Waals surface area contributed by atoms with Crippen molar-refractivity contribution in [3.63, 3.8) is 0 Å². The molecule has 0 fully saturated rings. The fraction of sp³-hybridized carbons (Fsp3) is 0.211. The Labute approximate surface area is 170 Å². The number of amides is 2. The van der Waals surface area contributed by atoms with Gasteiger partial charge in [-0.15, -0.1) is 0 Å². The van der Waals surface area contributed by atoms with Crippen molar-refractivity contribution in [3.8, 4) is 0 Å². The summed E-state index contributed by atoms with van der Waals surface area (Å²) in [6.07, 6.45) is -0.670. The van der Waals surface area contributed by atoms with Gasteiger partial charge < -0.3 is 14.8 Å². The summed E-state index contributed by atoms with van der Waals surface area (Å²) < 4.78 is 34.2. The number of rotatable bonds is 7. The number of carbonyl (C=O) groups excluding carboxylic acids is 3. The average molecular weight is 424 g/mol. The van der Waals surface area contributed by atoms with Crippen molar-refractivity contribution >= 4 is 41.1 Å². The fourth-order valence-electron chi connectivity index (χ4n) is 2.30. The molecule has 0 radical (unpaired) electrons. The van der Waals surface area contributed by atoms with Crippen molar-refractivity contribution in [1.82, 2.24) is 0 Å². The normalized spacial score (nSPS) is 10.4. The summed E-state index contributed by atoms with van der Waals surface area (Å²) in [5, 5.41) is 2.50. The number of benzene rings is 2. The Bertz CT molecular complexity index is 877. The molecule has 0 atom stereocenters. The second kappa shape index (κ2) is 10.4. The first-order valence-electron chi connectivity index (χ1n) is 8.24. The average Bonchev–Trinajstić information content (AvgIpc) is 2.72.